The third-order valence-electron chi connectivity index (χ3n) is 3.40. The number of hydrogen-bond donors (Lipinski definition) is 3. The van der Waals surface area contributed by atoms with Gasteiger partial charge in [-0.05, 0) is 37.3 Å². The Balaban J connectivity index is 1.75. The first-order chi connectivity index (χ1) is 11.7. The van der Waals surface area contributed by atoms with Crippen molar-refractivity contribution >= 4 is 28.4 Å². The highest BCUT2D eigenvalue weighted by Gasteiger charge is 2.10. The number of ether oxygens (including phenoxy) is 1. The standard InChI is InChI=1S/C18H16N4O2/c1-3-10-24-14-8-9-16-15(11-14)17(22-21-16)20-18(23)19-13-6-4-12(2)5-7-13/h1,4-9,11H,10H2,2H3,(H3,19,20,21,22,23). The smallest absolute Gasteiger partial charge is 0.324 e. The molecule has 0 radical (unpaired) electrons. The van der Waals surface area contributed by atoms with Gasteiger partial charge in [0.25, 0.3) is 0 Å². The maximum atomic E-state index is 12.1. The van der Waals surface area contributed by atoms with Gasteiger partial charge < -0.3 is 10.1 Å². The Kier molecular flexibility index (Phi) is 4.34. The summed E-state index contributed by atoms with van der Waals surface area (Å²) >= 11 is 0. The number of benzene rings is 2. The summed E-state index contributed by atoms with van der Waals surface area (Å²) in [6, 6.07) is 12.5. The van der Waals surface area contributed by atoms with E-state index < -0.39 is 0 Å². The van der Waals surface area contributed by atoms with Crippen LogP contribution in [0.5, 0.6) is 5.75 Å². The number of carbonyl (C=O) groups is 1. The van der Waals surface area contributed by atoms with Gasteiger partial charge in [0.05, 0.1) is 5.52 Å². The van der Waals surface area contributed by atoms with Crippen LogP contribution in [0.25, 0.3) is 10.9 Å². The van der Waals surface area contributed by atoms with Gasteiger partial charge in [0.2, 0.25) is 0 Å². The molecule has 2 amide bonds. The SMILES string of the molecule is C#CCOc1ccc2[nH]nc(NC(=O)Nc3ccc(C)cc3)c2c1. The van der Waals surface area contributed by atoms with Crippen LogP contribution in [0.1, 0.15) is 5.56 Å². The maximum absolute atomic E-state index is 12.1. The highest BCUT2D eigenvalue weighted by atomic mass is 16.5. The van der Waals surface area contributed by atoms with Crippen molar-refractivity contribution in [3.05, 3.63) is 48.0 Å². The fourth-order valence-corrected chi connectivity index (χ4v) is 2.21. The van der Waals surface area contributed by atoms with Crippen molar-refractivity contribution in [1.82, 2.24) is 10.2 Å². The summed E-state index contributed by atoms with van der Waals surface area (Å²) in [6.07, 6.45) is 5.19. The van der Waals surface area contributed by atoms with Gasteiger partial charge in [-0.1, -0.05) is 23.6 Å². The number of terminal acetylenes is 1. The van der Waals surface area contributed by atoms with Crippen molar-refractivity contribution in [3.63, 3.8) is 0 Å². The molecule has 24 heavy (non-hydrogen) atoms. The van der Waals surface area contributed by atoms with E-state index in [0.29, 0.717) is 17.3 Å². The van der Waals surface area contributed by atoms with Gasteiger partial charge in [0.15, 0.2) is 5.82 Å². The lowest BCUT2D eigenvalue weighted by Crippen LogP contribution is -2.19. The van der Waals surface area contributed by atoms with Crippen LogP contribution < -0.4 is 15.4 Å². The lowest BCUT2D eigenvalue weighted by molar-refractivity contribution is 0.262. The maximum Gasteiger partial charge on any atom is 0.324 e. The number of aromatic nitrogens is 2. The number of aryl methyl sites for hydroxylation is 1. The molecule has 0 fully saturated rings. The molecule has 3 rings (SSSR count). The molecule has 0 aliphatic carbocycles. The van der Waals surface area contributed by atoms with E-state index in [1.54, 1.807) is 12.1 Å². The fraction of sp³-hybridized carbons (Fsp3) is 0.111. The molecule has 120 valence electrons. The van der Waals surface area contributed by atoms with Crippen LogP contribution in [-0.4, -0.2) is 22.8 Å². The molecule has 0 saturated heterocycles. The summed E-state index contributed by atoms with van der Waals surface area (Å²) < 4.78 is 5.39. The Morgan fingerprint density at radius 3 is 2.79 bits per heavy atom. The number of aromatic amines is 1. The van der Waals surface area contributed by atoms with Gasteiger partial charge in [0.1, 0.15) is 12.4 Å². The van der Waals surface area contributed by atoms with E-state index in [9.17, 15) is 4.79 Å². The minimum Gasteiger partial charge on any atom is -0.481 e. The average Bonchev–Trinajstić information content (AvgIpc) is 2.97. The molecule has 0 bridgehead atoms. The van der Waals surface area contributed by atoms with Crippen LogP contribution >= 0.6 is 0 Å². The van der Waals surface area contributed by atoms with E-state index in [1.165, 1.54) is 0 Å². The highest BCUT2D eigenvalue weighted by molar-refractivity contribution is 6.04. The van der Waals surface area contributed by atoms with E-state index in [2.05, 4.69) is 26.8 Å². The Labute approximate surface area is 139 Å². The predicted molar refractivity (Wildman–Crippen MR) is 94.2 cm³/mol. The molecule has 1 heterocycles. The summed E-state index contributed by atoms with van der Waals surface area (Å²) in [5.74, 6) is 3.44. The van der Waals surface area contributed by atoms with Gasteiger partial charge in [-0.15, -0.1) is 6.42 Å². The van der Waals surface area contributed by atoms with E-state index >= 15 is 0 Å². The predicted octanol–water partition coefficient (Wildman–Crippen LogP) is 3.53. The van der Waals surface area contributed by atoms with E-state index in [0.717, 1.165) is 16.5 Å². The van der Waals surface area contributed by atoms with Crippen LogP contribution in [0.3, 0.4) is 0 Å². The number of amides is 2. The van der Waals surface area contributed by atoms with Crippen molar-refractivity contribution in [2.45, 2.75) is 6.92 Å². The second-order valence-electron chi connectivity index (χ2n) is 5.22. The molecule has 2 aromatic carbocycles. The van der Waals surface area contributed by atoms with Gasteiger partial charge in [-0.25, -0.2) is 4.79 Å². The lowest BCUT2D eigenvalue weighted by atomic mass is 10.2. The molecular weight excluding hydrogens is 304 g/mol. The number of anilines is 2. The average molecular weight is 320 g/mol. The molecule has 6 heteroatoms. The molecule has 0 aliphatic heterocycles. The summed E-state index contributed by atoms with van der Waals surface area (Å²) in [6.45, 7) is 2.17. The molecule has 0 unspecified atom stereocenters. The molecule has 0 aliphatic rings. The number of urea groups is 1. The van der Waals surface area contributed by atoms with Crippen LogP contribution in [0.4, 0.5) is 16.3 Å². The van der Waals surface area contributed by atoms with Crippen LogP contribution in [0.15, 0.2) is 42.5 Å². The minimum atomic E-state index is -0.373. The first kappa shape index (κ1) is 15.4. The van der Waals surface area contributed by atoms with Gasteiger partial charge >= 0.3 is 6.03 Å². The molecule has 6 nitrogen and oxygen atoms in total. The summed E-state index contributed by atoms with van der Waals surface area (Å²) in [5, 5.41) is 13.2. The van der Waals surface area contributed by atoms with Crippen molar-refractivity contribution < 1.29 is 9.53 Å². The molecule has 1 aromatic heterocycles. The van der Waals surface area contributed by atoms with Crippen LogP contribution in [0.2, 0.25) is 0 Å². The molecule has 0 spiro atoms. The number of hydrogen-bond acceptors (Lipinski definition) is 3. The quantitative estimate of drug-likeness (QED) is 0.643. The summed E-state index contributed by atoms with van der Waals surface area (Å²) in [7, 11) is 0. The number of rotatable bonds is 4. The second kappa shape index (κ2) is 6.75. The normalized spacial score (nSPS) is 10.2. The number of nitrogens with one attached hydrogen (secondary N) is 3. The minimum absolute atomic E-state index is 0.181. The summed E-state index contributed by atoms with van der Waals surface area (Å²) in [5.41, 5.74) is 2.61. The number of fused-ring (bicyclic) bond motifs is 1. The zero-order valence-electron chi connectivity index (χ0n) is 13.1. The first-order valence-electron chi connectivity index (χ1n) is 7.35. The Morgan fingerprint density at radius 2 is 2.04 bits per heavy atom. The molecule has 3 N–H and O–H groups in total. The Hall–Kier alpha value is -3.46. The third-order valence-corrected chi connectivity index (χ3v) is 3.40. The van der Waals surface area contributed by atoms with Gasteiger partial charge in [-0.2, -0.15) is 5.10 Å². The van der Waals surface area contributed by atoms with Crippen molar-refractivity contribution in [1.29, 1.82) is 0 Å². The lowest BCUT2D eigenvalue weighted by Gasteiger charge is -2.07. The monoisotopic (exact) mass is 320 g/mol. The zero-order valence-corrected chi connectivity index (χ0v) is 13.1. The van der Waals surface area contributed by atoms with E-state index in [1.807, 2.05) is 37.3 Å². The van der Waals surface area contributed by atoms with E-state index in [-0.39, 0.29) is 12.6 Å². The van der Waals surface area contributed by atoms with Crippen molar-refractivity contribution in [2.24, 2.45) is 0 Å². The second-order valence-corrected chi connectivity index (χ2v) is 5.22. The Morgan fingerprint density at radius 1 is 1.25 bits per heavy atom. The van der Waals surface area contributed by atoms with Crippen molar-refractivity contribution in [2.75, 3.05) is 17.2 Å². The molecule has 0 saturated carbocycles. The molecule has 0 atom stereocenters. The highest BCUT2D eigenvalue weighted by Crippen LogP contribution is 2.25. The molecule has 3 aromatic rings. The number of H-pyrrole nitrogens is 1. The van der Waals surface area contributed by atoms with Crippen LogP contribution in [-0.2, 0) is 0 Å². The van der Waals surface area contributed by atoms with Gasteiger partial charge in [-0.3, -0.25) is 10.4 Å². The summed E-state index contributed by atoms with van der Waals surface area (Å²) in [4.78, 5) is 12.1. The largest absolute Gasteiger partial charge is 0.481 e. The van der Waals surface area contributed by atoms with Crippen LogP contribution in [0, 0.1) is 19.3 Å². The van der Waals surface area contributed by atoms with Crippen molar-refractivity contribution in [3.8, 4) is 18.1 Å². The topological polar surface area (TPSA) is 79.0 Å². The zero-order chi connectivity index (χ0) is 16.9. The molecular formula is C18H16N4O2. The Bertz CT molecular complexity index is 907. The first-order valence-corrected chi connectivity index (χ1v) is 7.35. The number of nitrogens with zero attached hydrogens (tertiary/aromatic N) is 1. The fourth-order valence-electron chi connectivity index (χ4n) is 2.21. The van der Waals surface area contributed by atoms with E-state index in [4.69, 9.17) is 11.2 Å². The number of carbonyl (C=O) groups excluding carboxylic acids is 1. The van der Waals surface area contributed by atoms with Gasteiger partial charge in [0, 0.05) is 11.1 Å². The third kappa shape index (κ3) is 3.47.